The number of nitro benzene ring substituents is 1. The first-order valence-corrected chi connectivity index (χ1v) is 9.88. The van der Waals surface area contributed by atoms with Crippen LogP contribution < -0.4 is 0 Å². The van der Waals surface area contributed by atoms with E-state index in [9.17, 15) is 24.5 Å². The summed E-state index contributed by atoms with van der Waals surface area (Å²) in [6, 6.07) is 22.0. The van der Waals surface area contributed by atoms with Crippen molar-refractivity contribution in [2.24, 2.45) is 0 Å². The molecular weight excluding hydrogens is 410 g/mol. The van der Waals surface area contributed by atoms with Crippen LogP contribution in [0.5, 0.6) is 0 Å². The lowest BCUT2D eigenvalue weighted by Gasteiger charge is -2.30. The van der Waals surface area contributed by atoms with Gasteiger partial charge in [0, 0.05) is 19.2 Å². The number of rotatable bonds is 6. The zero-order valence-electron chi connectivity index (χ0n) is 17.2. The van der Waals surface area contributed by atoms with Crippen LogP contribution in [0.2, 0.25) is 0 Å². The molecule has 160 valence electrons. The number of fused-ring (bicyclic) bond motifs is 1. The van der Waals surface area contributed by atoms with Gasteiger partial charge in [0.05, 0.1) is 22.1 Å². The molecule has 8 heteroatoms. The molecule has 4 rings (SSSR count). The minimum absolute atomic E-state index is 0.0544. The number of carbonyl (C=O) groups is 3. The molecule has 0 radical (unpaired) electrons. The summed E-state index contributed by atoms with van der Waals surface area (Å²) in [4.78, 5) is 51.4. The van der Waals surface area contributed by atoms with Gasteiger partial charge in [-0.15, -0.1) is 0 Å². The van der Waals surface area contributed by atoms with E-state index in [4.69, 9.17) is 0 Å². The van der Waals surface area contributed by atoms with Gasteiger partial charge in [-0.25, -0.2) is 0 Å². The van der Waals surface area contributed by atoms with Gasteiger partial charge in [-0.2, -0.15) is 0 Å². The lowest BCUT2D eigenvalue weighted by molar-refractivity contribution is -0.384. The molecule has 0 aliphatic carbocycles. The summed E-state index contributed by atoms with van der Waals surface area (Å²) < 4.78 is 0. The number of non-ortho nitro benzene ring substituents is 1. The molecule has 0 aromatic heterocycles. The third-order valence-electron chi connectivity index (χ3n) is 5.47. The van der Waals surface area contributed by atoms with E-state index in [1.807, 2.05) is 60.7 Å². The summed E-state index contributed by atoms with van der Waals surface area (Å²) in [6.45, 7) is -0.465. The number of nitro groups is 1. The maximum atomic E-state index is 13.2. The zero-order valence-corrected chi connectivity index (χ0v) is 17.2. The van der Waals surface area contributed by atoms with Gasteiger partial charge in [0.15, 0.2) is 0 Å². The fraction of sp³-hybridized carbons (Fsp3) is 0.125. The standard InChI is InChI=1S/C24H19N3O5/c1-25(22(16-8-4-2-5-9-16)17-10-6-3-7-11-17)21(28)15-26-23(29)19-13-12-18(27(31)32)14-20(19)24(26)30/h2-14,22H,15H2,1H3. The van der Waals surface area contributed by atoms with Gasteiger partial charge in [-0.3, -0.25) is 29.4 Å². The number of carbonyl (C=O) groups excluding carboxylic acids is 3. The smallest absolute Gasteiger partial charge is 0.270 e. The van der Waals surface area contributed by atoms with Crippen molar-refractivity contribution in [3.05, 3.63) is 111 Å². The Hall–Kier alpha value is -4.33. The predicted molar refractivity (Wildman–Crippen MR) is 116 cm³/mol. The summed E-state index contributed by atoms with van der Waals surface area (Å²) in [7, 11) is 1.62. The second kappa shape index (κ2) is 8.43. The Morgan fingerprint density at radius 3 is 1.97 bits per heavy atom. The maximum Gasteiger partial charge on any atom is 0.270 e. The first kappa shape index (κ1) is 20.9. The Morgan fingerprint density at radius 2 is 1.44 bits per heavy atom. The number of benzene rings is 3. The van der Waals surface area contributed by atoms with Crippen molar-refractivity contribution in [3.63, 3.8) is 0 Å². The highest BCUT2D eigenvalue weighted by Crippen LogP contribution is 2.30. The fourth-order valence-electron chi connectivity index (χ4n) is 3.84. The van der Waals surface area contributed by atoms with E-state index < -0.39 is 35.2 Å². The SMILES string of the molecule is CN(C(=O)CN1C(=O)c2ccc([N+](=O)[O-])cc2C1=O)C(c1ccccc1)c1ccccc1. The van der Waals surface area contributed by atoms with Gasteiger partial charge >= 0.3 is 0 Å². The average molecular weight is 429 g/mol. The minimum Gasteiger partial charge on any atom is -0.333 e. The third-order valence-corrected chi connectivity index (χ3v) is 5.47. The summed E-state index contributed by atoms with van der Waals surface area (Å²) in [5, 5.41) is 11.0. The number of amides is 3. The molecule has 32 heavy (non-hydrogen) atoms. The third kappa shape index (κ3) is 3.74. The highest BCUT2D eigenvalue weighted by atomic mass is 16.6. The van der Waals surface area contributed by atoms with Crippen LogP contribution in [0.1, 0.15) is 37.9 Å². The quantitative estimate of drug-likeness (QED) is 0.339. The van der Waals surface area contributed by atoms with E-state index in [0.29, 0.717) is 0 Å². The first-order valence-electron chi connectivity index (χ1n) is 9.88. The predicted octanol–water partition coefficient (Wildman–Crippen LogP) is 3.44. The number of hydrogen-bond donors (Lipinski definition) is 0. The highest BCUT2D eigenvalue weighted by molar-refractivity contribution is 6.22. The summed E-state index contributed by atoms with van der Waals surface area (Å²) >= 11 is 0. The van der Waals surface area contributed by atoms with E-state index >= 15 is 0 Å². The maximum absolute atomic E-state index is 13.2. The monoisotopic (exact) mass is 429 g/mol. The lowest BCUT2D eigenvalue weighted by Crippen LogP contribution is -2.42. The van der Waals surface area contributed by atoms with Crippen molar-refractivity contribution in [2.75, 3.05) is 13.6 Å². The largest absolute Gasteiger partial charge is 0.333 e. The van der Waals surface area contributed by atoms with Crippen LogP contribution in [0.4, 0.5) is 5.69 Å². The average Bonchev–Trinajstić information content (AvgIpc) is 3.05. The Balaban J connectivity index is 1.60. The Bertz CT molecular complexity index is 1170. The van der Waals surface area contributed by atoms with Gasteiger partial charge < -0.3 is 4.90 Å². The van der Waals surface area contributed by atoms with Crippen molar-refractivity contribution in [2.45, 2.75) is 6.04 Å². The summed E-state index contributed by atoms with van der Waals surface area (Å²) in [6.07, 6.45) is 0. The Kier molecular flexibility index (Phi) is 5.51. The molecular formula is C24H19N3O5. The van der Waals surface area contributed by atoms with Crippen LogP contribution in [0, 0.1) is 10.1 Å². The topological polar surface area (TPSA) is 101 Å². The Labute approximate surface area is 183 Å². The van der Waals surface area contributed by atoms with Crippen LogP contribution in [0.25, 0.3) is 0 Å². The van der Waals surface area contributed by atoms with Crippen LogP contribution in [0.15, 0.2) is 78.9 Å². The van der Waals surface area contributed by atoms with Crippen LogP contribution >= 0.6 is 0 Å². The summed E-state index contributed by atoms with van der Waals surface area (Å²) in [5.74, 6) is -1.80. The van der Waals surface area contributed by atoms with E-state index in [-0.39, 0.29) is 16.8 Å². The van der Waals surface area contributed by atoms with Crippen molar-refractivity contribution < 1.29 is 19.3 Å². The van der Waals surface area contributed by atoms with Crippen LogP contribution in [-0.4, -0.2) is 46.0 Å². The van der Waals surface area contributed by atoms with Crippen molar-refractivity contribution in [3.8, 4) is 0 Å². The number of hydrogen-bond acceptors (Lipinski definition) is 5. The van der Waals surface area contributed by atoms with Crippen molar-refractivity contribution >= 4 is 23.4 Å². The molecule has 3 aromatic rings. The number of nitrogens with zero attached hydrogens (tertiary/aromatic N) is 3. The minimum atomic E-state index is -0.716. The molecule has 0 saturated carbocycles. The van der Waals surface area contributed by atoms with Crippen LogP contribution in [-0.2, 0) is 4.79 Å². The normalized spacial score (nSPS) is 12.8. The van der Waals surface area contributed by atoms with Gasteiger partial charge in [0.2, 0.25) is 5.91 Å². The molecule has 3 amide bonds. The van der Waals surface area contributed by atoms with E-state index in [1.165, 1.54) is 17.0 Å². The Morgan fingerprint density at radius 1 is 0.906 bits per heavy atom. The molecule has 0 bridgehead atoms. The lowest BCUT2D eigenvalue weighted by atomic mass is 9.97. The fourth-order valence-corrected chi connectivity index (χ4v) is 3.84. The molecule has 0 atom stereocenters. The molecule has 0 fully saturated rings. The van der Waals surface area contributed by atoms with Crippen molar-refractivity contribution in [1.82, 2.24) is 9.80 Å². The first-order chi connectivity index (χ1) is 15.4. The van der Waals surface area contributed by atoms with Gasteiger partial charge in [0.1, 0.15) is 6.54 Å². The van der Waals surface area contributed by atoms with E-state index in [0.717, 1.165) is 22.1 Å². The summed E-state index contributed by atoms with van der Waals surface area (Å²) in [5.41, 5.74) is 1.46. The second-order valence-corrected chi connectivity index (χ2v) is 7.41. The number of imide groups is 1. The van der Waals surface area contributed by atoms with Gasteiger partial charge in [-0.1, -0.05) is 60.7 Å². The van der Waals surface area contributed by atoms with E-state index in [1.54, 1.807) is 7.05 Å². The molecule has 8 nitrogen and oxygen atoms in total. The molecule has 0 spiro atoms. The number of likely N-dealkylation sites (N-methyl/N-ethyl adjacent to an activating group) is 1. The molecule has 0 saturated heterocycles. The molecule has 0 unspecified atom stereocenters. The molecule has 0 N–H and O–H groups in total. The molecule has 1 heterocycles. The van der Waals surface area contributed by atoms with Gasteiger partial charge in [0.25, 0.3) is 17.5 Å². The second-order valence-electron chi connectivity index (χ2n) is 7.41. The molecule has 3 aromatic carbocycles. The van der Waals surface area contributed by atoms with Crippen molar-refractivity contribution in [1.29, 1.82) is 0 Å². The highest BCUT2D eigenvalue weighted by Gasteiger charge is 2.39. The molecule has 1 aliphatic rings. The van der Waals surface area contributed by atoms with Gasteiger partial charge in [-0.05, 0) is 17.2 Å². The molecule has 1 aliphatic heterocycles. The van der Waals surface area contributed by atoms with Crippen LogP contribution in [0.3, 0.4) is 0 Å². The zero-order chi connectivity index (χ0) is 22.8. The van der Waals surface area contributed by atoms with E-state index in [2.05, 4.69) is 0 Å².